The molecule has 0 unspecified atom stereocenters. The van der Waals surface area contributed by atoms with Gasteiger partial charge in [-0.1, -0.05) is 22.9 Å². The number of nitro groups is 1. The predicted octanol–water partition coefficient (Wildman–Crippen LogP) is 3.31. The van der Waals surface area contributed by atoms with E-state index in [1.165, 1.54) is 27.7 Å². The highest BCUT2D eigenvalue weighted by molar-refractivity contribution is 8.76. The van der Waals surface area contributed by atoms with Crippen LogP contribution in [0.5, 0.6) is 0 Å². The Labute approximate surface area is 95.7 Å². The standard InChI is InChI=1S/C9H10N2O2S2/c1-2-3-7-14-15-9-8(11(12)13)5-4-6-10-9/h2-6H,7H2,1H3. The lowest BCUT2D eigenvalue weighted by atomic mass is 10.4. The number of nitrogens with zero attached hydrogens (tertiary/aromatic N) is 2. The summed E-state index contributed by atoms with van der Waals surface area (Å²) in [6.45, 7) is 1.94. The summed E-state index contributed by atoms with van der Waals surface area (Å²) in [5, 5.41) is 11.1. The Morgan fingerprint density at radius 3 is 3.13 bits per heavy atom. The number of allylic oxidation sites excluding steroid dienone is 1. The molecular formula is C9H10N2O2S2. The Balaban J connectivity index is 2.63. The fourth-order valence-electron chi connectivity index (χ4n) is 0.811. The van der Waals surface area contributed by atoms with Gasteiger partial charge in [-0.15, -0.1) is 0 Å². The number of rotatable bonds is 5. The lowest BCUT2D eigenvalue weighted by Crippen LogP contribution is -1.91. The van der Waals surface area contributed by atoms with E-state index in [-0.39, 0.29) is 5.69 Å². The first kappa shape index (κ1) is 12.1. The molecule has 80 valence electrons. The summed E-state index contributed by atoms with van der Waals surface area (Å²) in [7, 11) is 2.85. The molecule has 0 aliphatic carbocycles. The van der Waals surface area contributed by atoms with Crippen LogP contribution in [0.15, 0.2) is 35.5 Å². The molecule has 0 aliphatic heterocycles. The van der Waals surface area contributed by atoms with Gasteiger partial charge < -0.3 is 0 Å². The number of pyridine rings is 1. The van der Waals surface area contributed by atoms with Gasteiger partial charge in [0.15, 0.2) is 5.03 Å². The van der Waals surface area contributed by atoms with Gasteiger partial charge in [-0.2, -0.15) is 0 Å². The largest absolute Gasteiger partial charge is 0.302 e. The molecule has 0 spiro atoms. The summed E-state index contributed by atoms with van der Waals surface area (Å²) in [6.07, 6.45) is 5.50. The van der Waals surface area contributed by atoms with E-state index in [0.717, 1.165) is 5.75 Å². The molecule has 1 heterocycles. The molecule has 0 aliphatic rings. The van der Waals surface area contributed by atoms with E-state index in [0.29, 0.717) is 5.03 Å². The molecule has 4 nitrogen and oxygen atoms in total. The van der Waals surface area contributed by atoms with Gasteiger partial charge in [0.1, 0.15) is 0 Å². The smallest absolute Gasteiger partial charge is 0.258 e. The lowest BCUT2D eigenvalue weighted by molar-refractivity contribution is -0.388. The Kier molecular flexibility index (Phi) is 5.20. The fraction of sp³-hybridized carbons (Fsp3) is 0.222. The zero-order chi connectivity index (χ0) is 11.1. The zero-order valence-electron chi connectivity index (χ0n) is 8.12. The minimum atomic E-state index is -0.411. The van der Waals surface area contributed by atoms with Gasteiger partial charge in [-0.05, 0) is 23.8 Å². The first-order valence-corrected chi connectivity index (χ1v) is 6.57. The Morgan fingerprint density at radius 2 is 2.47 bits per heavy atom. The fourth-order valence-corrected chi connectivity index (χ4v) is 2.75. The molecule has 1 rings (SSSR count). The number of hydrogen-bond donors (Lipinski definition) is 0. The van der Waals surface area contributed by atoms with E-state index < -0.39 is 4.92 Å². The monoisotopic (exact) mass is 242 g/mol. The molecule has 0 amide bonds. The maximum atomic E-state index is 10.6. The molecule has 0 saturated carbocycles. The summed E-state index contributed by atoms with van der Waals surface area (Å²) in [5.74, 6) is 0.814. The van der Waals surface area contributed by atoms with Crippen LogP contribution < -0.4 is 0 Å². The van der Waals surface area contributed by atoms with Crippen LogP contribution in [0.25, 0.3) is 0 Å². The summed E-state index contributed by atoms with van der Waals surface area (Å²) in [5.41, 5.74) is 0.0653. The topological polar surface area (TPSA) is 56.0 Å². The predicted molar refractivity (Wildman–Crippen MR) is 64.0 cm³/mol. The molecule has 0 saturated heterocycles. The molecule has 0 bridgehead atoms. The highest BCUT2D eigenvalue weighted by Gasteiger charge is 2.14. The molecule has 0 atom stereocenters. The third kappa shape index (κ3) is 3.93. The van der Waals surface area contributed by atoms with Crippen LogP contribution in [-0.2, 0) is 0 Å². The molecule has 6 heteroatoms. The maximum absolute atomic E-state index is 10.6. The third-order valence-electron chi connectivity index (χ3n) is 1.49. The second-order valence-electron chi connectivity index (χ2n) is 2.52. The number of hydrogen-bond acceptors (Lipinski definition) is 5. The summed E-state index contributed by atoms with van der Waals surface area (Å²) in [6, 6.07) is 3.03. The first-order valence-electron chi connectivity index (χ1n) is 4.25. The summed E-state index contributed by atoms with van der Waals surface area (Å²) in [4.78, 5) is 14.2. The van der Waals surface area contributed by atoms with Crippen molar-refractivity contribution in [2.75, 3.05) is 5.75 Å². The molecule has 0 fully saturated rings. The minimum Gasteiger partial charge on any atom is -0.258 e. The molecule has 15 heavy (non-hydrogen) atoms. The summed E-state index contributed by atoms with van der Waals surface area (Å²) >= 11 is 0. The Morgan fingerprint density at radius 1 is 1.67 bits per heavy atom. The molecule has 1 aromatic heterocycles. The van der Waals surface area contributed by atoms with Crippen LogP contribution in [0.4, 0.5) is 5.69 Å². The molecule has 0 radical (unpaired) electrons. The van der Waals surface area contributed by atoms with Gasteiger partial charge in [0.2, 0.25) is 0 Å². The average Bonchev–Trinajstić information content (AvgIpc) is 2.25. The van der Waals surface area contributed by atoms with Crippen LogP contribution in [0.2, 0.25) is 0 Å². The molecule has 0 aromatic carbocycles. The highest BCUT2D eigenvalue weighted by atomic mass is 33.1. The van der Waals surface area contributed by atoms with E-state index >= 15 is 0 Å². The molecule has 0 N–H and O–H groups in total. The van der Waals surface area contributed by atoms with E-state index in [9.17, 15) is 10.1 Å². The van der Waals surface area contributed by atoms with Crippen LogP contribution >= 0.6 is 21.6 Å². The Hall–Kier alpha value is -1.01. The Bertz CT molecular complexity index is 369. The second kappa shape index (κ2) is 6.47. The second-order valence-corrected chi connectivity index (χ2v) is 4.85. The van der Waals surface area contributed by atoms with Crippen LogP contribution in [0, 0.1) is 10.1 Å². The van der Waals surface area contributed by atoms with Crippen molar-refractivity contribution < 1.29 is 4.92 Å². The molecular weight excluding hydrogens is 232 g/mol. The quantitative estimate of drug-likeness (QED) is 0.261. The van der Waals surface area contributed by atoms with E-state index in [4.69, 9.17) is 0 Å². The normalized spacial score (nSPS) is 10.7. The summed E-state index contributed by atoms with van der Waals surface area (Å²) < 4.78 is 0. The van der Waals surface area contributed by atoms with Gasteiger partial charge in [0.05, 0.1) is 4.92 Å². The van der Waals surface area contributed by atoms with Crippen molar-refractivity contribution in [3.8, 4) is 0 Å². The highest BCUT2D eigenvalue weighted by Crippen LogP contribution is 2.35. The van der Waals surface area contributed by atoms with Gasteiger partial charge in [-0.25, -0.2) is 4.98 Å². The van der Waals surface area contributed by atoms with Crippen molar-refractivity contribution in [3.05, 3.63) is 40.6 Å². The van der Waals surface area contributed by atoms with E-state index in [1.54, 1.807) is 12.3 Å². The maximum Gasteiger partial charge on any atom is 0.302 e. The zero-order valence-corrected chi connectivity index (χ0v) is 9.75. The van der Waals surface area contributed by atoms with Crippen molar-refractivity contribution >= 4 is 27.3 Å². The van der Waals surface area contributed by atoms with Crippen molar-refractivity contribution in [3.63, 3.8) is 0 Å². The SMILES string of the molecule is CC=CCSSc1ncccc1[N+](=O)[O-]. The van der Waals surface area contributed by atoms with Crippen molar-refractivity contribution in [2.24, 2.45) is 0 Å². The van der Waals surface area contributed by atoms with Crippen molar-refractivity contribution in [2.45, 2.75) is 11.9 Å². The van der Waals surface area contributed by atoms with Crippen LogP contribution in [0.1, 0.15) is 6.92 Å². The van der Waals surface area contributed by atoms with Gasteiger partial charge >= 0.3 is 5.69 Å². The van der Waals surface area contributed by atoms with E-state index in [2.05, 4.69) is 4.98 Å². The third-order valence-corrected chi connectivity index (χ3v) is 3.64. The van der Waals surface area contributed by atoms with Gasteiger partial charge in [-0.3, -0.25) is 10.1 Å². The van der Waals surface area contributed by atoms with E-state index in [1.807, 2.05) is 19.1 Å². The van der Waals surface area contributed by atoms with Gasteiger partial charge in [0, 0.05) is 18.0 Å². The van der Waals surface area contributed by atoms with Crippen molar-refractivity contribution in [1.82, 2.24) is 4.98 Å². The van der Waals surface area contributed by atoms with Crippen molar-refractivity contribution in [1.29, 1.82) is 0 Å². The number of aromatic nitrogens is 1. The van der Waals surface area contributed by atoms with Crippen LogP contribution in [0.3, 0.4) is 0 Å². The average molecular weight is 242 g/mol. The first-order chi connectivity index (χ1) is 7.25. The minimum absolute atomic E-state index is 0.0653. The lowest BCUT2D eigenvalue weighted by Gasteiger charge is -1.98. The molecule has 1 aromatic rings. The van der Waals surface area contributed by atoms with Crippen LogP contribution in [-0.4, -0.2) is 15.7 Å². The van der Waals surface area contributed by atoms with Gasteiger partial charge in [0.25, 0.3) is 0 Å².